The van der Waals surface area contributed by atoms with Gasteiger partial charge in [-0.3, -0.25) is 0 Å². The molecule has 0 amide bonds. The van der Waals surface area contributed by atoms with Crippen molar-refractivity contribution in [3.63, 3.8) is 0 Å². The molecule has 0 aliphatic carbocycles. The van der Waals surface area contributed by atoms with Crippen LogP contribution in [0.1, 0.15) is 18.4 Å². The molecule has 17 heavy (non-hydrogen) atoms. The van der Waals surface area contributed by atoms with Crippen LogP contribution in [0.4, 0.5) is 0 Å². The van der Waals surface area contributed by atoms with Crippen LogP contribution in [0.3, 0.4) is 0 Å². The first-order valence-electron chi connectivity index (χ1n) is 6.11. The van der Waals surface area contributed by atoms with Gasteiger partial charge in [0.15, 0.2) is 0 Å². The lowest BCUT2D eigenvalue weighted by Crippen LogP contribution is -2.17. The summed E-state index contributed by atoms with van der Waals surface area (Å²) in [6, 6.07) is 10.3. The molecule has 0 bridgehead atoms. The number of methoxy groups -OCH3 is 1. The third-order valence-corrected chi connectivity index (χ3v) is 2.59. The molecule has 0 saturated carbocycles. The molecule has 3 heteroatoms. The smallest absolute Gasteiger partial charge is 0.0773 e. The number of benzene rings is 1. The van der Waals surface area contributed by atoms with E-state index in [9.17, 15) is 5.11 Å². The number of aliphatic hydroxyl groups is 1. The minimum Gasteiger partial charge on any atom is -0.391 e. The zero-order valence-electron chi connectivity index (χ0n) is 10.5. The van der Waals surface area contributed by atoms with Crippen molar-refractivity contribution < 1.29 is 14.6 Å². The fourth-order valence-electron chi connectivity index (χ4n) is 1.63. The maximum Gasteiger partial charge on any atom is 0.0773 e. The van der Waals surface area contributed by atoms with Crippen molar-refractivity contribution in [1.29, 1.82) is 0 Å². The highest BCUT2D eigenvalue weighted by atomic mass is 16.5. The van der Waals surface area contributed by atoms with Gasteiger partial charge in [0.05, 0.1) is 25.9 Å². The van der Waals surface area contributed by atoms with Crippen molar-refractivity contribution in [3.8, 4) is 0 Å². The van der Waals surface area contributed by atoms with Gasteiger partial charge in [0.1, 0.15) is 0 Å². The molecule has 0 saturated heterocycles. The second-order valence-electron chi connectivity index (χ2n) is 4.10. The molecule has 0 spiro atoms. The van der Waals surface area contributed by atoms with E-state index in [4.69, 9.17) is 9.47 Å². The Hall–Kier alpha value is -0.900. The van der Waals surface area contributed by atoms with Gasteiger partial charge in [-0.1, -0.05) is 30.3 Å². The number of ether oxygens (including phenoxy) is 2. The molecule has 1 aromatic carbocycles. The van der Waals surface area contributed by atoms with E-state index in [-0.39, 0.29) is 6.10 Å². The van der Waals surface area contributed by atoms with Gasteiger partial charge < -0.3 is 14.6 Å². The van der Waals surface area contributed by atoms with Crippen LogP contribution >= 0.6 is 0 Å². The standard InChI is InChI=1S/C14H22O3/c1-16-10-11-17-12-14(15)9-5-8-13-6-3-2-4-7-13/h2-4,6-7,14-15H,5,8-12H2,1H3. The molecule has 1 unspecified atom stereocenters. The summed E-state index contributed by atoms with van der Waals surface area (Å²) >= 11 is 0. The van der Waals surface area contributed by atoms with E-state index in [1.807, 2.05) is 18.2 Å². The van der Waals surface area contributed by atoms with Crippen molar-refractivity contribution in [1.82, 2.24) is 0 Å². The summed E-state index contributed by atoms with van der Waals surface area (Å²) in [5.74, 6) is 0. The first-order valence-corrected chi connectivity index (χ1v) is 6.11. The van der Waals surface area contributed by atoms with Crippen LogP contribution in [0.15, 0.2) is 30.3 Å². The van der Waals surface area contributed by atoms with Gasteiger partial charge in [0.25, 0.3) is 0 Å². The number of rotatable bonds is 9. The highest BCUT2D eigenvalue weighted by molar-refractivity contribution is 5.14. The zero-order valence-corrected chi connectivity index (χ0v) is 10.5. The average Bonchev–Trinajstić information content (AvgIpc) is 2.36. The summed E-state index contributed by atoms with van der Waals surface area (Å²) in [6.07, 6.45) is 2.41. The SMILES string of the molecule is COCCOCC(O)CCCc1ccccc1. The first kappa shape index (κ1) is 14.2. The lowest BCUT2D eigenvalue weighted by molar-refractivity contribution is 0.00981. The summed E-state index contributed by atoms with van der Waals surface area (Å²) in [5, 5.41) is 9.66. The average molecular weight is 238 g/mol. The minimum absolute atomic E-state index is 0.365. The predicted molar refractivity (Wildman–Crippen MR) is 68.1 cm³/mol. The minimum atomic E-state index is -0.365. The molecule has 0 aliphatic rings. The van der Waals surface area contributed by atoms with Crippen molar-refractivity contribution >= 4 is 0 Å². The Morgan fingerprint density at radius 2 is 1.94 bits per heavy atom. The lowest BCUT2D eigenvalue weighted by atomic mass is 10.1. The highest BCUT2D eigenvalue weighted by Crippen LogP contribution is 2.06. The molecular weight excluding hydrogens is 216 g/mol. The van der Waals surface area contributed by atoms with Crippen LogP contribution in [-0.2, 0) is 15.9 Å². The molecule has 3 nitrogen and oxygen atoms in total. The number of aliphatic hydroxyl groups excluding tert-OH is 1. The van der Waals surface area contributed by atoms with Crippen LogP contribution in [0, 0.1) is 0 Å². The van der Waals surface area contributed by atoms with Crippen LogP contribution in [0.5, 0.6) is 0 Å². The van der Waals surface area contributed by atoms with Crippen molar-refractivity contribution in [2.24, 2.45) is 0 Å². The molecule has 0 fully saturated rings. The number of hydrogen-bond donors (Lipinski definition) is 1. The topological polar surface area (TPSA) is 38.7 Å². The quantitative estimate of drug-likeness (QED) is 0.669. The molecule has 96 valence electrons. The van der Waals surface area contributed by atoms with E-state index in [1.54, 1.807) is 7.11 Å². The van der Waals surface area contributed by atoms with Crippen LogP contribution in [0.25, 0.3) is 0 Å². The molecule has 1 rings (SSSR count). The summed E-state index contributed by atoms with van der Waals surface area (Å²) < 4.78 is 10.1. The van der Waals surface area contributed by atoms with Gasteiger partial charge in [-0.05, 0) is 24.8 Å². The molecule has 0 aromatic heterocycles. The van der Waals surface area contributed by atoms with Crippen molar-refractivity contribution in [2.45, 2.75) is 25.4 Å². The Bertz CT molecular complexity index is 274. The fourth-order valence-corrected chi connectivity index (χ4v) is 1.63. The van der Waals surface area contributed by atoms with Gasteiger partial charge in [-0.25, -0.2) is 0 Å². The third kappa shape index (κ3) is 7.10. The van der Waals surface area contributed by atoms with E-state index in [1.165, 1.54) is 5.56 Å². The van der Waals surface area contributed by atoms with Crippen LogP contribution in [0.2, 0.25) is 0 Å². The van der Waals surface area contributed by atoms with E-state index < -0.39 is 0 Å². The van der Waals surface area contributed by atoms with Gasteiger partial charge in [-0.15, -0.1) is 0 Å². The Morgan fingerprint density at radius 3 is 2.65 bits per heavy atom. The van der Waals surface area contributed by atoms with Gasteiger partial charge in [0.2, 0.25) is 0 Å². The fraction of sp³-hybridized carbons (Fsp3) is 0.571. The summed E-state index contributed by atoms with van der Waals surface area (Å²) in [7, 11) is 1.64. The highest BCUT2D eigenvalue weighted by Gasteiger charge is 2.04. The second kappa shape index (κ2) is 9.16. The van der Waals surface area contributed by atoms with Crippen molar-refractivity contribution in [3.05, 3.63) is 35.9 Å². The van der Waals surface area contributed by atoms with E-state index in [0.29, 0.717) is 19.8 Å². The van der Waals surface area contributed by atoms with Gasteiger partial charge >= 0.3 is 0 Å². The Kier molecular flexibility index (Phi) is 7.63. The van der Waals surface area contributed by atoms with Crippen LogP contribution < -0.4 is 0 Å². The first-order chi connectivity index (χ1) is 8.33. The Labute approximate surface area is 103 Å². The molecule has 0 aliphatic heterocycles. The van der Waals surface area contributed by atoms with Gasteiger partial charge in [-0.2, -0.15) is 0 Å². The maximum absolute atomic E-state index is 9.66. The molecule has 0 radical (unpaired) electrons. The van der Waals surface area contributed by atoms with Gasteiger partial charge in [0, 0.05) is 7.11 Å². The normalized spacial score (nSPS) is 12.6. The third-order valence-electron chi connectivity index (χ3n) is 2.59. The molecule has 1 atom stereocenters. The zero-order chi connectivity index (χ0) is 12.3. The van der Waals surface area contributed by atoms with E-state index in [0.717, 1.165) is 19.3 Å². The molecule has 0 heterocycles. The molecule has 1 N–H and O–H groups in total. The molecular formula is C14H22O3. The largest absolute Gasteiger partial charge is 0.391 e. The predicted octanol–water partition coefficient (Wildman–Crippen LogP) is 2.03. The Morgan fingerprint density at radius 1 is 1.18 bits per heavy atom. The second-order valence-corrected chi connectivity index (χ2v) is 4.10. The number of aryl methyl sites for hydroxylation is 1. The maximum atomic E-state index is 9.66. The summed E-state index contributed by atoms with van der Waals surface area (Å²) in [4.78, 5) is 0. The monoisotopic (exact) mass is 238 g/mol. The number of hydrogen-bond acceptors (Lipinski definition) is 3. The Balaban J connectivity index is 2.02. The summed E-state index contributed by atoms with van der Waals surface area (Å²) in [5.41, 5.74) is 1.32. The van der Waals surface area contributed by atoms with E-state index >= 15 is 0 Å². The van der Waals surface area contributed by atoms with Crippen molar-refractivity contribution in [2.75, 3.05) is 26.9 Å². The lowest BCUT2D eigenvalue weighted by Gasteiger charge is -2.10. The molecule has 1 aromatic rings. The van der Waals surface area contributed by atoms with Crippen LogP contribution in [-0.4, -0.2) is 38.1 Å². The van der Waals surface area contributed by atoms with E-state index in [2.05, 4.69) is 12.1 Å². The summed E-state index contributed by atoms with van der Waals surface area (Å²) in [6.45, 7) is 1.53.